The molecular weight excluding hydrogens is 423 g/mol. The molecule has 2 N–H and O–H groups in total. The summed E-state index contributed by atoms with van der Waals surface area (Å²) in [6.45, 7) is 0.221. The molecule has 2 atom stereocenters. The second kappa shape index (κ2) is 7.84. The Balaban J connectivity index is 1.56. The van der Waals surface area contributed by atoms with E-state index < -0.39 is 0 Å². The van der Waals surface area contributed by atoms with Gasteiger partial charge in [0.1, 0.15) is 11.9 Å². The number of rotatable bonds is 3. The molecule has 5 rings (SSSR count). The van der Waals surface area contributed by atoms with Gasteiger partial charge in [-0.2, -0.15) is 0 Å². The summed E-state index contributed by atoms with van der Waals surface area (Å²) >= 11 is 12.3. The second-order valence-corrected chi connectivity index (χ2v) is 8.10. The highest BCUT2D eigenvalue weighted by Crippen LogP contribution is 2.38. The van der Waals surface area contributed by atoms with E-state index in [0.717, 1.165) is 28.2 Å². The predicted octanol–water partition coefficient (Wildman–Crippen LogP) is 5.65. The molecule has 7 heteroatoms. The molecule has 0 radical (unpaired) electrons. The van der Waals surface area contributed by atoms with Crippen LogP contribution in [0.3, 0.4) is 0 Å². The van der Waals surface area contributed by atoms with Crippen molar-refractivity contribution < 1.29 is 14.6 Å². The monoisotopic (exact) mass is 440 g/mol. The van der Waals surface area contributed by atoms with Crippen LogP contribution >= 0.6 is 23.2 Å². The maximum atomic E-state index is 10.5. The number of halogens is 2. The van der Waals surface area contributed by atoms with Crippen LogP contribution in [0.1, 0.15) is 35.3 Å². The van der Waals surface area contributed by atoms with Crippen LogP contribution in [0.4, 0.5) is 0 Å². The molecule has 30 heavy (non-hydrogen) atoms. The fraction of sp³-hybridized carbons (Fsp3) is 0.174. The smallest absolute Gasteiger partial charge is 0.231 e. The van der Waals surface area contributed by atoms with Gasteiger partial charge in [-0.05, 0) is 59.7 Å². The summed E-state index contributed by atoms with van der Waals surface area (Å²) in [4.78, 5) is 4.96. The molecule has 2 aliphatic rings. The lowest BCUT2D eigenvalue weighted by Crippen LogP contribution is -2.33. The Kier molecular flexibility index (Phi) is 5.03. The third-order valence-electron chi connectivity index (χ3n) is 5.30. The van der Waals surface area contributed by atoms with Crippen LogP contribution in [-0.4, -0.2) is 17.6 Å². The van der Waals surface area contributed by atoms with Crippen LogP contribution in [0.5, 0.6) is 17.2 Å². The molecule has 5 nitrogen and oxygen atoms in total. The summed E-state index contributed by atoms with van der Waals surface area (Å²) in [7, 11) is 0. The molecule has 0 bridgehead atoms. The molecule has 0 fully saturated rings. The normalized spacial score (nSPS) is 20.1. The van der Waals surface area contributed by atoms with Gasteiger partial charge in [0, 0.05) is 33.8 Å². The highest BCUT2D eigenvalue weighted by Gasteiger charge is 2.28. The Labute approximate surface area is 183 Å². The van der Waals surface area contributed by atoms with E-state index in [9.17, 15) is 5.11 Å². The number of hydrogen-bond donors (Lipinski definition) is 2. The summed E-state index contributed by atoms with van der Waals surface area (Å²) in [5.41, 5.74) is 3.56. The maximum Gasteiger partial charge on any atom is 0.231 e. The first-order valence-electron chi connectivity index (χ1n) is 9.53. The number of nitrogens with zero attached hydrogens (tertiary/aromatic N) is 1. The van der Waals surface area contributed by atoms with E-state index in [-0.39, 0.29) is 24.8 Å². The molecule has 2 heterocycles. The molecule has 0 saturated heterocycles. The number of aromatic hydroxyl groups is 1. The Morgan fingerprint density at radius 2 is 1.67 bits per heavy atom. The minimum Gasteiger partial charge on any atom is -0.508 e. The zero-order valence-electron chi connectivity index (χ0n) is 15.8. The molecule has 0 aliphatic carbocycles. The summed E-state index contributed by atoms with van der Waals surface area (Å²) < 4.78 is 11.0. The predicted molar refractivity (Wildman–Crippen MR) is 117 cm³/mol. The van der Waals surface area contributed by atoms with Gasteiger partial charge < -0.3 is 14.6 Å². The second-order valence-electron chi connectivity index (χ2n) is 7.22. The molecule has 3 aromatic carbocycles. The Morgan fingerprint density at radius 3 is 2.50 bits per heavy atom. The Hall–Kier alpha value is -2.73. The number of hydrogen-bond acceptors (Lipinski definition) is 5. The molecule has 2 aliphatic heterocycles. The van der Waals surface area contributed by atoms with E-state index >= 15 is 0 Å². The summed E-state index contributed by atoms with van der Waals surface area (Å²) in [5, 5.41) is 15.2. The number of nitrogens with one attached hydrogen (secondary N) is 1. The standard InChI is InChI=1S/C23H18Cl2N2O3/c24-15-4-1-13(2-5-15)23-26-18(14-3-8-21-22(9-14)30-12-29-21)11-19(27-23)17-10-16(25)6-7-20(17)28/h1-10,19,23,27-28H,11-12H2/t19-,23-/m0/s1. The van der Waals surface area contributed by atoms with Crippen molar-refractivity contribution in [1.82, 2.24) is 5.32 Å². The van der Waals surface area contributed by atoms with Crippen LogP contribution in [0, 0.1) is 0 Å². The number of ether oxygens (including phenoxy) is 2. The molecule has 3 aromatic rings. The Morgan fingerprint density at radius 1 is 0.900 bits per heavy atom. The van der Waals surface area contributed by atoms with E-state index in [4.69, 9.17) is 37.7 Å². The van der Waals surface area contributed by atoms with Gasteiger partial charge in [-0.15, -0.1) is 0 Å². The fourth-order valence-electron chi connectivity index (χ4n) is 3.78. The third kappa shape index (κ3) is 3.72. The van der Waals surface area contributed by atoms with Gasteiger partial charge in [-0.1, -0.05) is 35.3 Å². The van der Waals surface area contributed by atoms with Gasteiger partial charge >= 0.3 is 0 Å². The zero-order chi connectivity index (χ0) is 20.7. The minimum absolute atomic E-state index is 0.178. The van der Waals surface area contributed by atoms with Crippen molar-refractivity contribution >= 4 is 28.9 Å². The van der Waals surface area contributed by atoms with E-state index in [2.05, 4.69) is 5.32 Å². The topological polar surface area (TPSA) is 63.1 Å². The van der Waals surface area contributed by atoms with Crippen molar-refractivity contribution in [3.63, 3.8) is 0 Å². The van der Waals surface area contributed by atoms with E-state index in [1.54, 1.807) is 18.2 Å². The summed E-state index contributed by atoms with van der Waals surface area (Å²) in [6.07, 6.45) is 0.275. The molecule has 0 amide bonds. The quantitative estimate of drug-likeness (QED) is 0.552. The van der Waals surface area contributed by atoms with Crippen molar-refractivity contribution in [2.75, 3.05) is 6.79 Å². The van der Waals surface area contributed by atoms with E-state index in [0.29, 0.717) is 22.2 Å². The van der Waals surface area contributed by atoms with E-state index in [1.165, 1.54) is 0 Å². The first kappa shape index (κ1) is 19.2. The van der Waals surface area contributed by atoms with Crippen molar-refractivity contribution in [1.29, 1.82) is 0 Å². The number of phenolic OH excluding ortho intramolecular Hbond substituents is 1. The zero-order valence-corrected chi connectivity index (χ0v) is 17.3. The van der Waals surface area contributed by atoms with Crippen molar-refractivity contribution in [3.8, 4) is 17.2 Å². The number of fused-ring (bicyclic) bond motifs is 1. The minimum atomic E-state index is -0.306. The molecule has 0 saturated carbocycles. The molecule has 152 valence electrons. The lowest BCUT2D eigenvalue weighted by Gasteiger charge is -2.31. The highest BCUT2D eigenvalue weighted by atomic mass is 35.5. The van der Waals surface area contributed by atoms with Gasteiger partial charge in [-0.3, -0.25) is 10.3 Å². The highest BCUT2D eigenvalue weighted by molar-refractivity contribution is 6.30. The lowest BCUT2D eigenvalue weighted by molar-refractivity contribution is 0.174. The van der Waals surface area contributed by atoms with Crippen LogP contribution in [0.15, 0.2) is 65.7 Å². The number of phenols is 1. The van der Waals surface area contributed by atoms with Crippen LogP contribution in [-0.2, 0) is 0 Å². The van der Waals surface area contributed by atoms with Gasteiger partial charge in [0.2, 0.25) is 6.79 Å². The summed E-state index contributed by atoms with van der Waals surface area (Å²) in [6, 6.07) is 18.3. The van der Waals surface area contributed by atoms with Gasteiger partial charge in [0.25, 0.3) is 0 Å². The van der Waals surface area contributed by atoms with Crippen LogP contribution in [0.25, 0.3) is 0 Å². The molecule has 0 unspecified atom stereocenters. The average molecular weight is 441 g/mol. The largest absolute Gasteiger partial charge is 0.508 e. The van der Waals surface area contributed by atoms with Crippen molar-refractivity contribution in [2.24, 2.45) is 4.99 Å². The number of aliphatic imine (C=N–C) groups is 1. The first-order chi connectivity index (χ1) is 14.6. The van der Waals surface area contributed by atoms with Crippen molar-refractivity contribution in [2.45, 2.75) is 18.6 Å². The number of benzene rings is 3. The SMILES string of the molecule is Oc1ccc(Cl)cc1[C@@H]1CC(c2ccc3c(c2)OCO3)=N[C@H](c2ccc(Cl)cc2)N1. The van der Waals surface area contributed by atoms with Gasteiger partial charge in [0.05, 0.1) is 0 Å². The third-order valence-corrected chi connectivity index (χ3v) is 5.79. The van der Waals surface area contributed by atoms with Crippen molar-refractivity contribution in [3.05, 3.63) is 87.4 Å². The van der Waals surface area contributed by atoms with Gasteiger partial charge in [0.15, 0.2) is 11.5 Å². The average Bonchev–Trinajstić information content (AvgIpc) is 3.23. The molecular formula is C23H18Cl2N2O3. The Bertz CT molecular complexity index is 1130. The lowest BCUT2D eigenvalue weighted by atomic mass is 9.93. The van der Waals surface area contributed by atoms with Gasteiger partial charge in [-0.25, -0.2) is 0 Å². The fourth-order valence-corrected chi connectivity index (χ4v) is 4.08. The van der Waals surface area contributed by atoms with E-state index in [1.807, 2.05) is 42.5 Å². The van der Waals surface area contributed by atoms with Crippen LogP contribution in [0.2, 0.25) is 10.0 Å². The maximum absolute atomic E-state index is 10.5. The summed E-state index contributed by atoms with van der Waals surface area (Å²) in [5.74, 6) is 1.63. The molecule has 0 spiro atoms. The first-order valence-corrected chi connectivity index (χ1v) is 10.3. The molecule has 0 aromatic heterocycles. The van der Waals surface area contributed by atoms with Crippen LogP contribution < -0.4 is 14.8 Å².